The smallest absolute Gasteiger partial charge is 0.313 e. The van der Waals surface area contributed by atoms with E-state index < -0.39 is 47.7 Å². The molecule has 0 unspecified atom stereocenters. The van der Waals surface area contributed by atoms with Gasteiger partial charge < -0.3 is 29.3 Å². The Kier molecular flexibility index (Phi) is 14.0. The Balaban J connectivity index is 1.64. The van der Waals surface area contributed by atoms with Crippen LogP contribution in [-0.4, -0.2) is 101 Å². The number of nitrogens with zero attached hydrogens (tertiary/aromatic N) is 3. The first-order valence-electron chi connectivity index (χ1n) is 18.3. The maximum Gasteiger partial charge on any atom is 0.313 e. The van der Waals surface area contributed by atoms with Gasteiger partial charge in [-0.1, -0.05) is 75.1 Å². The molecule has 49 heavy (non-hydrogen) atoms. The fourth-order valence-corrected chi connectivity index (χ4v) is 7.98. The van der Waals surface area contributed by atoms with Crippen molar-refractivity contribution in [2.24, 2.45) is 11.8 Å². The molecule has 2 bridgehead atoms. The second kappa shape index (κ2) is 17.9. The third-order valence-corrected chi connectivity index (χ3v) is 10.7. The third-order valence-electron chi connectivity index (χ3n) is 10.7. The van der Waals surface area contributed by atoms with E-state index in [2.05, 4.69) is 20.1 Å². The first-order chi connectivity index (χ1) is 23.7. The van der Waals surface area contributed by atoms with Gasteiger partial charge in [-0.05, 0) is 51.0 Å². The van der Waals surface area contributed by atoms with Crippen LogP contribution in [0.15, 0.2) is 55.6 Å². The maximum atomic E-state index is 14.5. The molecule has 3 aliphatic rings. The minimum atomic E-state index is -1.12. The van der Waals surface area contributed by atoms with Crippen molar-refractivity contribution in [2.45, 2.75) is 114 Å². The number of esters is 1. The molecule has 4 rings (SSSR count). The van der Waals surface area contributed by atoms with Gasteiger partial charge in [0.25, 0.3) is 0 Å². The highest BCUT2D eigenvalue weighted by Gasteiger charge is 2.75. The summed E-state index contributed by atoms with van der Waals surface area (Å²) in [5.74, 6) is -2.74. The molecule has 3 fully saturated rings. The van der Waals surface area contributed by atoms with Crippen molar-refractivity contribution in [3.8, 4) is 0 Å². The average molecular weight is 680 g/mol. The number of unbranched alkanes of at least 4 members (excludes halogenated alkanes) is 5. The highest BCUT2D eigenvalue weighted by atomic mass is 16.6. The molecule has 7 atom stereocenters. The highest BCUT2D eigenvalue weighted by Crippen LogP contribution is 2.59. The molecule has 3 amide bonds. The van der Waals surface area contributed by atoms with E-state index in [-0.39, 0.29) is 24.3 Å². The normalized spacial score (nSPS) is 25.1. The van der Waals surface area contributed by atoms with Gasteiger partial charge in [-0.25, -0.2) is 0 Å². The van der Waals surface area contributed by atoms with Crippen molar-refractivity contribution in [1.82, 2.24) is 14.7 Å². The predicted molar refractivity (Wildman–Crippen MR) is 188 cm³/mol. The zero-order chi connectivity index (χ0) is 35.6. The Labute approximate surface area is 292 Å². The third kappa shape index (κ3) is 8.28. The van der Waals surface area contributed by atoms with Gasteiger partial charge in [0, 0.05) is 39.7 Å². The lowest BCUT2D eigenvalue weighted by molar-refractivity contribution is -0.164. The monoisotopic (exact) mass is 679 g/mol. The molecular weight excluding hydrogens is 622 g/mol. The van der Waals surface area contributed by atoms with Crippen LogP contribution in [-0.2, 0) is 28.7 Å². The van der Waals surface area contributed by atoms with Gasteiger partial charge >= 0.3 is 5.97 Å². The van der Waals surface area contributed by atoms with Gasteiger partial charge in [0.05, 0.1) is 24.0 Å². The Bertz CT molecular complexity index is 1300. The first kappa shape index (κ1) is 38.3. The number of aliphatic hydroxyl groups excluding tert-OH is 1. The summed E-state index contributed by atoms with van der Waals surface area (Å²) >= 11 is 0. The van der Waals surface area contributed by atoms with E-state index in [1.165, 1.54) is 0 Å². The molecule has 0 radical (unpaired) electrons. The summed E-state index contributed by atoms with van der Waals surface area (Å²) < 4.78 is 13.0. The highest BCUT2D eigenvalue weighted by molar-refractivity contribution is 5.98. The zero-order valence-electron chi connectivity index (χ0n) is 29.8. The molecule has 270 valence electrons. The molecule has 1 N–H and O–H groups in total. The van der Waals surface area contributed by atoms with Gasteiger partial charge in [-0.15, -0.1) is 13.2 Å². The van der Waals surface area contributed by atoms with Crippen LogP contribution >= 0.6 is 0 Å². The van der Waals surface area contributed by atoms with Crippen molar-refractivity contribution in [3.05, 3.63) is 61.2 Å². The SMILES string of the molecule is C=CCCC(=O)N(C)[C@H](C)[C@H](OC(=O)[C@@H]1[C@H]2C(=O)N(CCCCCCO)[C@H](C(=O)N(CC=C)CCCCC)[C@]23CC[C@H]1O3)c1ccccc1. The summed E-state index contributed by atoms with van der Waals surface area (Å²) in [7, 11) is 1.71. The largest absolute Gasteiger partial charge is 0.455 e. The van der Waals surface area contributed by atoms with Crippen LogP contribution < -0.4 is 0 Å². The van der Waals surface area contributed by atoms with Crippen LogP contribution in [0.1, 0.15) is 96.1 Å². The minimum absolute atomic E-state index is 0.0865. The molecule has 3 aliphatic heterocycles. The molecule has 0 saturated carbocycles. The van der Waals surface area contributed by atoms with E-state index in [0.717, 1.165) is 37.7 Å². The van der Waals surface area contributed by atoms with Crippen LogP contribution in [0, 0.1) is 11.8 Å². The number of allylic oxidation sites excluding steroid dienone is 1. The van der Waals surface area contributed by atoms with E-state index in [4.69, 9.17) is 9.47 Å². The minimum Gasteiger partial charge on any atom is -0.455 e. The summed E-state index contributed by atoms with van der Waals surface area (Å²) in [4.78, 5) is 61.4. The Morgan fingerprint density at radius 1 is 1.10 bits per heavy atom. The number of amides is 3. The van der Waals surface area contributed by atoms with Crippen molar-refractivity contribution in [1.29, 1.82) is 0 Å². The Morgan fingerprint density at radius 2 is 1.84 bits per heavy atom. The lowest BCUT2D eigenvalue weighted by Crippen LogP contribution is -2.56. The lowest BCUT2D eigenvalue weighted by atomic mass is 9.70. The number of likely N-dealkylation sites (N-methyl/N-ethyl adjacent to an activating group) is 1. The molecule has 10 heteroatoms. The number of aliphatic hydroxyl groups is 1. The second-order valence-corrected chi connectivity index (χ2v) is 13.8. The molecular formula is C39H57N3O7. The topological polar surface area (TPSA) is 117 Å². The van der Waals surface area contributed by atoms with E-state index in [0.29, 0.717) is 58.2 Å². The van der Waals surface area contributed by atoms with E-state index in [9.17, 15) is 24.3 Å². The fourth-order valence-electron chi connectivity index (χ4n) is 7.98. The number of fused-ring (bicyclic) bond motifs is 1. The first-order valence-corrected chi connectivity index (χ1v) is 18.3. The number of hydrogen-bond acceptors (Lipinski definition) is 7. The number of benzene rings is 1. The number of carbonyl (C=O) groups is 4. The molecule has 3 heterocycles. The van der Waals surface area contributed by atoms with Crippen LogP contribution in [0.5, 0.6) is 0 Å². The van der Waals surface area contributed by atoms with Gasteiger partial charge in [0.15, 0.2) is 0 Å². The standard InChI is InChI=1S/C39H57N3O7/c1-6-9-16-25-41(24-8-3)37(46)35-39-23-22-30(49-39)32(33(39)36(45)42(35)26-17-11-12-18-27-43)38(47)48-34(29-19-14-13-15-20-29)28(4)40(5)31(44)21-10-7-2/h7-8,13-15,19-20,28,30,32-35,43H,2-3,6,9-12,16-18,21-27H2,1,4-5H3/t28-,30-,32+,33+,34+,35-,39+/m1/s1. The molecule has 0 aromatic heterocycles. The van der Waals surface area contributed by atoms with Gasteiger partial charge in [0.1, 0.15) is 17.7 Å². The number of hydrogen-bond donors (Lipinski definition) is 1. The predicted octanol–water partition coefficient (Wildman–Crippen LogP) is 5.22. The molecule has 0 aliphatic carbocycles. The summed E-state index contributed by atoms with van der Waals surface area (Å²) in [5.41, 5.74) is -0.378. The fraction of sp³-hybridized carbons (Fsp3) is 0.641. The van der Waals surface area contributed by atoms with Crippen molar-refractivity contribution < 1.29 is 33.8 Å². The maximum absolute atomic E-state index is 14.5. The van der Waals surface area contributed by atoms with E-state index in [1.54, 1.807) is 33.9 Å². The van der Waals surface area contributed by atoms with Gasteiger partial charge in [0.2, 0.25) is 17.7 Å². The summed E-state index contributed by atoms with van der Waals surface area (Å²) in [6, 6.07) is 8.02. The number of ether oxygens (including phenoxy) is 2. The van der Waals surface area contributed by atoms with E-state index >= 15 is 0 Å². The van der Waals surface area contributed by atoms with Crippen LogP contribution in [0.2, 0.25) is 0 Å². The average Bonchev–Trinajstić information content (AvgIpc) is 3.75. The molecule has 1 aromatic carbocycles. The van der Waals surface area contributed by atoms with Crippen molar-refractivity contribution in [3.63, 3.8) is 0 Å². The van der Waals surface area contributed by atoms with Crippen LogP contribution in [0.25, 0.3) is 0 Å². The zero-order valence-corrected chi connectivity index (χ0v) is 29.8. The summed E-state index contributed by atoms with van der Waals surface area (Å²) in [5, 5.41) is 9.25. The Morgan fingerprint density at radius 3 is 2.51 bits per heavy atom. The second-order valence-electron chi connectivity index (χ2n) is 13.8. The van der Waals surface area contributed by atoms with Gasteiger partial charge in [-0.2, -0.15) is 0 Å². The van der Waals surface area contributed by atoms with E-state index in [1.807, 2.05) is 37.3 Å². The number of likely N-dealkylation sites (tertiary alicyclic amines) is 1. The number of rotatable bonds is 21. The van der Waals surface area contributed by atoms with Crippen molar-refractivity contribution in [2.75, 3.05) is 33.3 Å². The number of carbonyl (C=O) groups excluding carboxylic acids is 4. The van der Waals surface area contributed by atoms with Gasteiger partial charge in [-0.3, -0.25) is 19.2 Å². The van der Waals surface area contributed by atoms with Crippen LogP contribution in [0.3, 0.4) is 0 Å². The molecule has 1 aromatic rings. The molecule has 1 spiro atoms. The molecule has 10 nitrogen and oxygen atoms in total. The Hall–Kier alpha value is -3.50. The molecule has 3 saturated heterocycles. The lowest BCUT2D eigenvalue weighted by Gasteiger charge is -2.37. The summed E-state index contributed by atoms with van der Waals surface area (Å²) in [6.07, 6.45) is 9.80. The van der Waals surface area contributed by atoms with Crippen LogP contribution in [0.4, 0.5) is 0 Å². The summed E-state index contributed by atoms with van der Waals surface area (Å²) in [6.45, 7) is 13.0. The van der Waals surface area contributed by atoms with Crippen molar-refractivity contribution >= 4 is 23.7 Å². The quantitative estimate of drug-likeness (QED) is 0.108.